The van der Waals surface area contributed by atoms with Crippen molar-refractivity contribution in [3.05, 3.63) is 91.5 Å². The maximum absolute atomic E-state index is 4.18. The number of allylic oxidation sites excluding steroid dienone is 4. The Bertz CT molecular complexity index is 851. The van der Waals surface area contributed by atoms with Gasteiger partial charge in [-0.2, -0.15) is 0 Å². The van der Waals surface area contributed by atoms with Crippen molar-refractivity contribution in [1.82, 2.24) is 15.5 Å². The SMILES string of the molecule is C=C(CC(C)(C)C)N1CCC(C)C1.C=CCCCCC=C.C=CNCc1ccc(C2=C(C)NCS2)cc1. The quantitative estimate of drug-likeness (QED) is 0.223. The second-order valence-corrected chi connectivity index (χ2v) is 12.2. The molecule has 0 bridgehead atoms. The highest BCUT2D eigenvalue weighted by atomic mass is 32.2. The van der Waals surface area contributed by atoms with Gasteiger partial charge in [-0.25, -0.2) is 0 Å². The summed E-state index contributed by atoms with van der Waals surface area (Å²) in [6.07, 6.45) is 12.9. The fraction of sp³-hybridized carbons (Fsp3) is 0.515. The van der Waals surface area contributed by atoms with Crippen molar-refractivity contribution >= 4 is 16.7 Å². The Morgan fingerprint density at radius 2 is 1.73 bits per heavy atom. The highest BCUT2D eigenvalue weighted by Gasteiger charge is 2.22. The standard InChI is InChI=1S/C13H16N2S.C12H23N.C8H14/c1-3-14-8-11-4-6-12(7-5-11)13-10(2)15-9-16-13;1-10-6-7-13(9-10)11(2)8-12(3,4)5;1-3-5-7-8-6-4-2/h3-7,14-15H,1,8-9H2,2H3;10H,2,6-9H2,1,3-5H3;3-4H,1-2,5-8H2. The molecule has 0 amide bonds. The third-order valence-electron chi connectivity index (χ3n) is 6.23. The Kier molecular flexibility index (Phi) is 15.9. The summed E-state index contributed by atoms with van der Waals surface area (Å²) in [5, 5.41) is 6.43. The molecule has 1 saturated heterocycles. The topological polar surface area (TPSA) is 27.3 Å². The Hall–Kier alpha value is -2.33. The number of unbranched alkanes of at least 4 members (excludes halogenated alkanes) is 3. The van der Waals surface area contributed by atoms with Crippen LogP contribution in [0.3, 0.4) is 0 Å². The van der Waals surface area contributed by atoms with Crippen LogP contribution in [0.2, 0.25) is 0 Å². The summed E-state index contributed by atoms with van der Waals surface area (Å²) in [5.74, 6) is 1.85. The van der Waals surface area contributed by atoms with E-state index in [0.29, 0.717) is 5.41 Å². The van der Waals surface area contributed by atoms with Crippen molar-refractivity contribution in [3.63, 3.8) is 0 Å². The fourth-order valence-electron chi connectivity index (χ4n) is 4.19. The minimum Gasteiger partial charge on any atom is -0.387 e. The van der Waals surface area contributed by atoms with E-state index < -0.39 is 0 Å². The number of nitrogens with zero attached hydrogens (tertiary/aromatic N) is 1. The molecular weight excluding hydrogens is 470 g/mol. The van der Waals surface area contributed by atoms with Crippen molar-refractivity contribution in [3.8, 4) is 0 Å². The van der Waals surface area contributed by atoms with E-state index in [-0.39, 0.29) is 0 Å². The maximum Gasteiger partial charge on any atom is 0.0655 e. The first-order valence-corrected chi connectivity index (χ1v) is 14.8. The van der Waals surface area contributed by atoms with E-state index in [0.717, 1.165) is 37.6 Å². The van der Waals surface area contributed by atoms with Gasteiger partial charge in [-0.15, -0.1) is 24.9 Å². The van der Waals surface area contributed by atoms with Crippen LogP contribution < -0.4 is 10.6 Å². The summed E-state index contributed by atoms with van der Waals surface area (Å²) in [6, 6.07) is 8.67. The zero-order valence-corrected chi connectivity index (χ0v) is 25.2. The number of likely N-dealkylation sites (tertiary alicyclic amines) is 1. The van der Waals surface area contributed by atoms with Crippen molar-refractivity contribution in [2.24, 2.45) is 11.3 Å². The lowest BCUT2D eigenvalue weighted by atomic mass is 9.90. The molecule has 2 heterocycles. The Morgan fingerprint density at radius 3 is 2.16 bits per heavy atom. The molecule has 1 fully saturated rings. The van der Waals surface area contributed by atoms with Gasteiger partial charge in [0, 0.05) is 35.9 Å². The molecule has 0 radical (unpaired) electrons. The van der Waals surface area contributed by atoms with Crippen LogP contribution >= 0.6 is 11.8 Å². The van der Waals surface area contributed by atoms with Gasteiger partial charge in [0.1, 0.15) is 0 Å². The van der Waals surface area contributed by atoms with Crippen LogP contribution in [-0.4, -0.2) is 23.9 Å². The third kappa shape index (κ3) is 14.3. The number of hydrogen-bond donors (Lipinski definition) is 2. The van der Waals surface area contributed by atoms with E-state index in [1.807, 2.05) is 23.9 Å². The van der Waals surface area contributed by atoms with Crippen LogP contribution in [-0.2, 0) is 6.54 Å². The predicted molar refractivity (Wildman–Crippen MR) is 169 cm³/mol. The minimum absolute atomic E-state index is 0.378. The molecule has 0 spiro atoms. The largest absolute Gasteiger partial charge is 0.387 e. The summed E-state index contributed by atoms with van der Waals surface area (Å²) in [7, 11) is 0. The Morgan fingerprint density at radius 1 is 1.11 bits per heavy atom. The molecule has 1 aromatic rings. The highest BCUT2D eigenvalue weighted by molar-refractivity contribution is 8.08. The number of nitrogens with one attached hydrogen (secondary N) is 2. The van der Waals surface area contributed by atoms with Crippen molar-refractivity contribution in [2.75, 3.05) is 19.0 Å². The molecule has 1 atom stereocenters. The second-order valence-electron chi connectivity index (χ2n) is 11.2. The molecule has 0 aliphatic carbocycles. The second kappa shape index (κ2) is 18.0. The van der Waals surface area contributed by atoms with E-state index in [1.54, 1.807) is 6.20 Å². The van der Waals surface area contributed by atoms with Gasteiger partial charge in [-0.1, -0.05) is 77.3 Å². The van der Waals surface area contributed by atoms with Gasteiger partial charge < -0.3 is 15.5 Å². The van der Waals surface area contributed by atoms with Crippen LogP contribution in [0.15, 0.2) is 80.3 Å². The summed E-state index contributed by atoms with van der Waals surface area (Å²) in [5.41, 5.74) is 5.56. The Labute approximate surface area is 233 Å². The van der Waals surface area contributed by atoms with Crippen molar-refractivity contribution in [1.29, 1.82) is 0 Å². The molecule has 4 heteroatoms. The van der Waals surface area contributed by atoms with Gasteiger partial charge in [0.15, 0.2) is 0 Å². The molecule has 2 aliphatic heterocycles. The average molecular weight is 524 g/mol. The van der Waals surface area contributed by atoms with Crippen molar-refractivity contribution < 1.29 is 0 Å². The molecule has 0 saturated carbocycles. The first-order valence-electron chi connectivity index (χ1n) is 13.8. The molecule has 0 aromatic heterocycles. The molecule has 3 rings (SSSR count). The molecule has 206 valence electrons. The lowest BCUT2D eigenvalue weighted by Crippen LogP contribution is -2.22. The van der Waals surface area contributed by atoms with Gasteiger partial charge in [0.05, 0.1) is 5.88 Å². The number of rotatable bonds is 11. The summed E-state index contributed by atoms with van der Waals surface area (Å²) >= 11 is 1.86. The minimum atomic E-state index is 0.378. The first-order chi connectivity index (χ1) is 17.6. The molecular formula is C33H53N3S. The molecule has 1 aromatic carbocycles. The maximum atomic E-state index is 4.18. The lowest BCUT2D eigenvalue weighted by molar-refractivity contribution is 0.324. The molecule has 3 nitrogen and oxygen atoms in total. The molecule has 37 heavy (non-hydrogen) atoms. The summed E-state index contributed by atoms with van der Waals surface area (Å²) in [4.78, 5) is 3.82. The third-order valence-corrected chi connectivity index (χ3v) is 7.35. The van der Waals surface area contributed by atoms with Gasteiger partial charge in [0.25, 0.3) is 0 Å². The predicted octanol–water partition coefficient (Wildman–Crippen LogP) is 9.10. The van der Waals surface area contributed by atoms with Crippen LogP contribution in [0, 0.1) is 11.3 Å². The monoisotopic (exact) mass is 523 g/mol. The van der Waals surface area contributed by atoms with E-state index in [9.17, 15) is 0 Å². The number of thioether (sulfide) groups is 1. The smallest absolute Gasteiger partial charge is 0.0655 e. The number of benzene rings is 1. The summed E-state index contributed by atoms with van der Waals surface area (Å²) in [6.45, 7) is 29.6. The van der Waals surface area contributed by atoms with E-state index >= 15 is 0 Å². The van der Waals surface area contributed by atoms with Crippen LogP contribution in [0.5, 0.6) is 0 Å². The van der Waals surface area contributed by atoms with E-state index in [1.165, 1.54) is 59.8 Å². The van der Waals surface area contributed by atoms with E-state index in [2.05, 4.69) is 101 Å². The van der Waals surface area contributed by atoms with E-state index in [4.69, 9.17) is 0 Å². The van der Waals surface area contributed by atoms with Gasteiger partial charge in [-0.05, 0) is 74.1 Å². The fourth-order valence-corrected chi connectivity index (χ4v) is 5.22. The van der Waals surface area contributed by atoms with Crippen molar-refractivity contribution in [2.45, 2.75) is 79.7 Å². The normalized spacial score (nSPS) is 16.6. The van der Waals surface area contributed by atoms with Crippen LogP contribution in [0.4, 0.5) is 0 Å². The summed E-state index contributed by atoms with van der Waals surface area (Å²) < 4.78 is 0. The molecule has 1 unspecified atom stereocenters. The van der Waals surface area contributed by atoms with Gasteiger partial charge in [0.2, 0.25) is 0 Å². The van der Waals surface area contributed by atoms with Crippen LogP contribution in [0.25, 0.3) is 4.91 Å². The number of hydrogen-bond acceptors (Lipinski definition) is 4. The van der Waals surface area contributed by atoms with Crippen LogP contribution in [0.1, 0.15) is 84.3 Å². The lowest BCUT2D eigenvalue weighted by Gasteiger charge is -2.27. The zero-order valence-electron chi connectivity index (χ0n) is 24.4. The molecule has 2 aliphatic rings. The highest BCUT2D eigenvalue weighted by Crippen LogP contribution is 2.33. The zero-order chi connectivity index (χ0) is 27.7. The average Bonchev–Trinajstić information content (AvgIpc) is 3.49. The molecule has 2 N–H and O–H groups in total. The van der Waals surface area contributed by atoms with Gasteiger partial charge >= 0.3 is 0 Å². The van der Waals surface area contributed by atoms with Gasteiger partial charge in [-0.3, -0.25) is 0 Å². The first kappa shape index (κ1) is 32.7. The Balaban J connectivity index is 0.000000295.